The molecular formula is C23H23FN6O4. The minimum Gasteiger partial charge on any atom is -0.442 e. The van der Waals surface area contributed by atoms with Crippen LogP contribution in [0, 0.1) is 5.82 Å². The first-order chi connectivity index (χ1) is 16.2. The highest BCUT2D eigenvalue weighted by atomic mass is 19.1. The number of amides is 2. The van der Waals surface area contributed by atoms with Crippen LogP contribution in [0.2, 0.25) is 0 Å². The third-order valence-corrected chi connectivity index (χ3v) is 5.69. The fourth-order valence-corrected chi connectivity index (χ4v) is 3.82. The monoisotopic (exact) mass is 466 g/mol. The number of aromatic nitrogens is 2. The molecule has 2 aromatic carbocycles. The Morgan fingerprint density at radius 1 is 1.24 bits per heavy atom. The molecule has 11 heteroatoms. The van der Waals surface area contributed by atoms with Crippen molar-refractivity contribution in [2.45, 2.75) is 25.6 Å². The molecule has 2 atom stereocenters. The van der Waals surface area contributed by atoms with Crippen LogP contribution >= 0.6 is 0 Å². The Balaban J connectivity index is 1.51. The second-order valence-electron chi connectivity index (χ2n) is 8.00. The molecule has 0 aliphatic carbocycles. The highest BCUT2D eigenvalue weighted by molar-refractivity contribution is 5.95. The van der Waals surface area contributed by atoms with Crippen molar-refractivity contribution in [1.82, 2.24) is 9.55 Å². The number of Topliss-reactive ketones (excluding diaryl/α,β-unsaturated/α-hetero) is 1. The van der Waals surface area contributed by atoms with E-state index < -0.39 is 30.0 Å². The quantitative estimate of drug-likeness (QED) is 0.477. The van der Waals surface area contributed by atoms with E-state index in [9.17, 15) is 18.8 Å². The van der Waals surface area contributed by atoms with E-state index in [1.165, 1.54) is 24.2 Å². The third-order valence-electron chi connectivity index (χ3n) is 5.69. The molecule has 34 heavy (non-hydrogen) atoms. The number of rotatable bonds is 7. The highest BCUT2D eigenvalue weighted by Crippen LogP contribution is 2.30. The van der Waals surface area contributed by atoms with Gasteiger partial charge in [-0.05, 0) is 36.2 Å². The van der Waals surface area contributed by atoms with E-state index >= 15 is 0 Å². The van der Waals surface area contributed by atoms with Gasteiger partial charge in [0.25, 0.3) is 5.91 Å². The van der Waals surface area contributed by atoms with Gasteiger partial charge in [-0.15, -0.1) is 0 Å². The van der Waals surface area contributed by atoms with Crippen LogP contribution in [0.5, 0.6) is 0 Å². The van der Waals surface area contributed by atoms with Gasteiger partial charge in [-0.3, -0.25) is 14.5 Å². The number of hydrogen-bond acceptors (Lipinski definition) is 7. The first kappa shape index (κ1) is 22.9. The third kappa shape index (κ3) is 4.33. The Bertz CT molecular complexity index is 1270. The molecule has 1 aliphatic rings. The molecule has 4 rings (SSSR count). The number of anilines is 2. The van der Waals surface area contributed by atoms with Crippen molar-refractivity contribution < 1.29 is 23.5 Å². The number of hydrogen-bond donors (Lipinski definition) is 3. The number of nitrogens with zero attached hydrogens (tertiary/aromatic N) is 3. The molecule has 1 unspecified atom stereocenters. The molecule has 0 radical (unpaired) electrons. The largest absolute Gasteiger partial charge is 0.442 e. The average Bonchev–Trinajstić information content (AvgIpc) is 3.36. The molecular weight excluding hydrogens is 443 g/mol. The predicted octanol–water partition coefficient (Wildman–Crippen LogP) is 1.66. The molecule has 1 aromatic heterocycles. The maximum Gasteiger partial charge on any atom is 0.414 e. The molecule has 0 saturated carbocycles. The number of primary amides is 1. The van der Waals surface area contributed by atoms with E-state index in [1.807, 2.05) is 0 Å². The van der Waals surface area contributed by atoms with Gasteiger partial charge < -0.3 is 26.5 Å². The molecule has 0 bridgehead atoms. The number of ketones is 1. The van der Waals surface area contributed by atoms with Crippen LogP contribution in [-0.4, -0.2) is 46.0 Å². The van der Waals surface area contributed by atoms with Gasteiger partial charge in [-0.1, -0.05) is 24.3 Å². The summed E-state index contributed by atoms with van der Waals surface area (Å²) in [7, 11) is 0. The molecule has 3 aromatic rings. The molecule has 1 fully saturated rings. The lowest BCUT2D eigenvalue weighted by Gasteiger charge is -2.16. The maximum absolute atomic E-state index is 15.0. The SMILES string of the molecule is CC(=O)[C@@H](N)C1CN(c2ccc(-c3ccc(Cn4cnc(N)c4C(N)=O)cc3)c(F)c2)C(=O)O1. The zero-order valence-electron chi connectivity index (χ0n) is 18.3. The number of benzene rings is 2. The van der Waals surface area contributed by atoms with Crippen LogP contribution < -0.4 is 22.1 Å². The minimum atomic E-state index is -0.936. The maximum atomic E-state index is 15.0. The van der Waals surface area contributed by atoms with Crippen LogP contribution in [0.25, 0.3) is 11.1 Å². The van der Waals surface area contributed by atoms with Gasteiger partial charge in [0.2, 0.25) is 0 Å². The van der Waals surface area contributed by atoms with E-state index in [1.54, 1.807) is 41.0 Å². The standard InChI is InChI=1S/C23H23FN6O4/c1-12(31)19(25)18-10-30(23(33)34-18)15-6-7-16(17(24)8-15)14-4-2-13(3-5-14)9-29-11-28-21(26)20(29)22(27)32/h2-8,11,18-19H,9-10,25-26H2,1H3,(H2,27,32)/t18?,19-/m1/s1. The highest BCUT2D eigenvalue weighted by Gasteiger charge is 2.37. The summed E-state index contributed by atoms with van der Waals surface area (Å²) < 4.78 is 21.7. The Hall–Kier alpha value is -4.25. The lowest BCUT2D eigenvalue weighted by molar-refractivity contribution is -0.120. The molecule has 10 nitrogen and oxygen atoms in total. The second-order valence-corrected chi connectivity index (χ2v) is 8.00. The van der Waals surface area contributed by atoms with Gasteiger partial charge in [0.15, 0.2) is 11.5 Å². The van der Waals surface area contributed by atoms with Crippen LogP contribution in [0.4, 0.5) is 20.7 Å². The summed E-state index contributed by atoms with van der Waals surface area (Å²) in [6.45, 7) is 1.69. The Labute approximate surface area is 194 Å². The van der Waals surface area contributed by atoms with Gasteiger partial charge in [0.05, 0.1) is 18.6 Å². The fraction of sp³-hybridized carbons (Fsp3) is 0.217. The van der Waals surface area contributed by atoms with Crippen molar-refractivity contribution in [3.63, 3.8) is 0 Å². The van der Waals surface area contributed by atoms with Crippen LogP contribution in [0.15, 0.2) is 48.8 Å². The second kappa shape index (κ2) is 8.94. The van der Waals surface area contributed by atoms with Gasteiger partial charge in [-0.2, -0.15) is 0 Å². The molecule has 176 valence electrons. The number of nitrogen functional groups attached to an aromatic ring is 1. The number of carbonyl (C=O) groups excluding carboxylic acids is 3. The Kier molecular flexibility index (Phi) is 6.03. The summed E-state index contributed by atoms with van der Waals surface area (Å²) in [6, 6.07) is 10.5. The van der Waals surface area contributed by atoms with Gasteiger partial charge >= 0.3 is 6.09 Å². The minimum absolute atomic E-state index is 0.0547. The molecule has 1 saturated heterocycles. The summed E-state index contributed by atoms with van der Waals surface area (Å²) >= 11 is 0. The lowest BCUT2D eigenvalue weighted by Crippen LogP contribution is -2.43. The number of halogens is 1. The molecule has 1 aliphatic heterocycles. The van der Waals surface area contributed by atoms with Crippen LogP contribution in [0.1, 0.15) is 23.0 Å². The van der Waals surface area contributed by atoms with E-state index in [2.05, 4.69) is 4.98 Å². The van der Waals surface area contributed by atoms with E-state index in [-0.39, 0.29) is 23.8 Å². The number of nitrogens with two attached hydrogens (primary N) is 3. The van der Waals surface area contributed by atoms with E-state index in [0.717, 1.165) is 5.56 Å². The Morgan fingerprint density at radius 3 is 2.56 bits per heavy atom. The zero-order valence-corrected chi connectivity index (χ0v) is 18.3. The van der Waals surface area contributed by atoms with Gasteiger partial charge in [-0.25, -0.2) is 14.2 Å². The van der Waals surface area contributed by atoms with Crippen LogP contribution in [-0.2, 0) is 16.1 Å². The van der Waals surface area contributed by atoms with Crippen molar-refractivity contribution >= 4 is 29.3 Å². The van der Waals surface area contributed by atoms with Crippen molar-refractivity contribution in [2.75, 3.05) is 17.2 Å². The zero-order chi connectivity index (χ0) is 24.6. The molecule has 2 amide bonds. The number of carbonyl (C=O) groups is 3. The molecule has 2 heterocycles. The Morgan fingerprint density at radius 2 is 1.94 bits per heavy atom. The summed E-state index contributed by atoms with van der Waals surface area (Å²) in [4.78, 5) is 40.4. The number of cyclic esters (lactones) is 1. The van der Waals surface area contributed by atoms with Crippen molar-refractivity contribution in [1.29, 1.82) is 0 Å². The number of imidazole rings is 1. The first-order valence-corrected chi connectivity index (χ1v) is 10.4. The summed E-state index contributed by atoms with van der Waals surface area (Å²) in [6.07, 6.45) is -0.0475. The molecule has 0 spiro atoms. The normalized spacial score (nSPS) is 16.4. The average molecular weight is 466 g/mol. The smallest absolute Gasteiger partial charge is 0.414 e. The summed E-state index contributed by atoms with van der Waals surface area (Å²) in [5.41, 5.74) is 19.0. The topological polar surface area (TPSA) is 160 Å². The summed E-state index contributed by atoms with van der Waals surface area (Å²) in [5.74, 6) is -1.45. The predicted molar refractivity (Wildman–Crippen MR) is 122 cm³/mol. The van der Waals surface area contributed by atoms with Crippen molar-refractivity contribution in [2.24, 2.45) is 11.5 Å². The van der Waals surface area contributed by atoms with Gasteiger partial charge in [0.1, 0.15) is 23.7 Å². The number of ether oxygens (including phenoxy) is 1. The summed E-state index contributed by atoms with van der Waals surface area (Å²) in [5, 5.41) is 0. The lowest BCUT2D eigenvalue weighted by atomic mass is 10.0. The van der Waals surface area contributed by atoms with Crippen molar-refractivity contribution in [3.8, 4) is 11.1 Å². The van der Waals surface area contributed by atoms with Crippen LogP contribution in [0.3, 0.4) is 0 Å². The fourth-order valence-electron chi connectivity index (χ4n) is 3.82. The molecule has 6 N–H and O–H groups in total. The first-order valence-electron chi connectivity index (χ1n) is 10.4. The van der Waals surface area contributed by atoms with E-state index in [0.29, 0.717) is 23.4 Å². The van der Waals surface area contributed by atoms with E-state index in [4.69, 9.17) is 21.9 Å². The van der Waals surface area contributed by atoms with Crippen molar-refractivity contribution in [3.05, 3.63) is 65.9 Å². The van der Waals surface area contributed by atoms with Gasteiger partial charge in [0, 0.05) is 12.1 Å².